The Hall–Kier alpha value is -2.13. The van der Waals surface area contributed by atoms with E-state index < -0.39 is 0 Å². The summed E-state index contributed by atoms with van der Waals surface area (Å²) in [6.07, 6.45) is 6.72. The number of aromatic amines is 1. The number of H-pyrrole nitrogens is 1. The maximum Gasteiger partial charge on any atom is 0.0457 e. The molecule has 1 unspecified atom stereocenters. The molecule has 0 radical (unpaired) electrons. The highest BCUT2D eigenvalue weighted by atomic mass is 14.7. The van der Waals surface area contributed by atoms with Gasteiger partial charge in [-0.25, -0.2) is 0 Å². The van der Waals surface area contributed by atoms with Crippen molar-refractivity contribution in [1.29, 1.82) is 0 Å². The van der Waals surface area contributed by atoms with Gasteiger partial charge in [-0.05, 0) is 55.3 Å². The van der Waals surface area contributed by atoms with Crippen molar-refractivity contribution in [2.24, 2.45) is 5.73 Å². The average molecular weight is 265 g/mol. The molecule has 0 fully saturated rings. The summed E-state index contributed by atoms with van der Waals surface area (Å²) < 4.78 is 0. The van der Waals surface area contributed by atoms with Crippen LogP contribution in [0.3, 0.4) is 0 Å². The Balaban J connectivity index is 1.97. The molecule has 102 valence electrons. The van der Waals surface area contributed by atoms with Gasteiger partial charge in [0.25, 0.3) is 0 Å². The largest absolute Gasteiger partial charge is 0.361 e. The van der Waals surface area contributed by atoms with Gasteiger partial charge in [0.2, 0.25) is 0 Å². The highest BCUT2D eigenvalue weighted by Crippen LogP contribution is 2.28. The summed E-state index contributed by atoms with van der Waals surface area (Å²) in [6.45, 7) is 2.76. The van der Waals surface area contributed by atoms with Crippen LogP contribution in [-0.2, 0) is 6.42 Å². The van der Waals surface area contributed by atoms with Crippen molar-refractivity contribution in [3.05, 3.63) is 65.6 Å². The van der Waals surface area contributed by atoms with E-state index >= 15 is 0 Å². The second-order valence-electron chi connectivity index (χ2n) is 5.29. The van der Waals surface area contributed by atoms with Gasteiger partial charge in [-0.15, -0.1) is 0 Å². The number of hydrogen-bond acceptors (Lipinski definition) is 2. The lowest BCUT2D eigenvalue weighted by atomic mass is 9.92. The first kappa shape index (κ1) is 12.9. The molecule has 1 aromatic carbocycles. The quantitative estimate of drug-likeness (QED) is 0.761. The van der Waals surface area contributed by atoms with E-state index in [1.807, 2.05) is 12.4 Å². The van der Waals surface area contributed by atoms with E-state index in [-0.39, 0.29) is 0 Å². The van der Waals surface area contributed by atoms with Crippen LogP contribution in [0.2, 0.25) is 0 Å². The van der Waals surface area contributed by atoms with Crippen LogP contribution in [0.4, 0.5) is 0 Å². The van der Waals surface area contributed by atoms with E-state index in [2.05, 4.69) is 53.4 Å². The standard InChI is InChI=1S/C17H19N3/c1-12-2-3-17-15(8-12)16(11-20-17)14(10-18)9-13-4-6-19-7-5-13/h2-8,11,14,20H,9-10,18H2,1H3. The molecule has 1 atom stereocenters. The SMILES string of the molecule is Cc1ccc2[nH]cc(C(CN)Cc3ccncc3)c2c1. The second kappa shape index (κ2) is 5.47. The second-order valence-corrected chi connectivity index (χ2v) is 5.29. The Labute approximate surface area is 118 Å². The van der Waals surface area contributed by atoms with Crippen molar-refractivity contribution in [2.75, 3.05) is 6.54 Å². The summed E-state index contributed by atoms with van der Waals surface area (Å²) >= 11 is 0. The fraction of sp³-hybridized carbons (Fsp3) is 0.235. The molecule has 0 saturated heterocycles. The van der Waals surface area contributed by atoms with Crippen molar-refractivity contribution in [3.63, 3.8) is 0 Å². The number of nitrogens with one attached hydrogen (secondary N) is 1. The summed E-state index contributed by atoms with van der Waals surface area (Å²) in [5, 5.41) is 1.29. The third kappa shape index (κ3) is 2.45. The fourth-order valence-electron chi connectivity index (χ4n) is 2.72. The summed E-state index contributed by atoms with van der Waals surface area (Å²) in [6, 6.07) is 10.6. The molecule has 3 aromatic rings. The number of fused-ring (bicyclic) bond motifs is 1. The maximum absolute atomic E-state index is 6.01. The van der Waals surface area contributed by atoms with E-state index in [1.54, 1.807) is 0 Å². The van der Waals surface area contributed by atoms with Crippen LogP contribution < -0.4 is 5.73 Å². The van der Waals surface area contributed by atoms with Crippen LogP contribution in [0.1, 0.15) is 22.6 Å². The van der Waals surface area contributed by atoms with Crippen LogP contribution in [0.15, 0.2) is 48.9 Å². The smallest absolute Gasteiger partial charge is 0.0457 e. The first-order chi connectivity index (χ1) is 9.78. The molecule has 3 N–H and O–H groups in total. The van der Waals surface area contributed by atoms with Crippen LogP contribution >= 0.6 is 0 Å². The molecular weight excluding hydrogens is 246 g/mol. The summed E-state index contributed by atoms with van der Waals surface area (Å²) in [5.74, 6) is 0.327. The van der Waals surface area contributed by atoms with Crippen molar-refractivity contribution in [1.82, 2.24) is 9.97 Å². The molecule has 3 rings (SSSR count). The van der Waals surface area contributed by atoms with Gasteiger partial charge in [-0.1, -0.05) is 11.6 Å². The number of benzene rings is 1. The summed E-state index contributed by atoms with van der Waals surface area (Å²) in [7, 11) is 0. The lowest BCUT2D eigenvalue weighted by Gasteiger charge is -2.14. The molecular formula is C17H19N3. The molecule has 0 bridgehead atoms. The minimum Gasteiger partial charge on any atom is -0.361 e. The number of nitrogens with zero attached hydrogens (tertiary/aromatic N) is 1. The zero-order valence-corrected chi connectivity index (χ0v) is 11.6. The highest BCUT2D eigenvalue weighted by Gasteiger charge is 2.15. The van der Waals surface area contributed by atoms with Gasteiger partial charge in [0, 0.05) is 35.4 Å². The average Bonchev–Trinajstić information content (AvgIpc) is 2.89. The van der Waals surface area contributed by atoms with E-state index in [0.29, 0.717) is 12.5 Å². The van der Waals surface area contributed by atoms with Gasteiger partial charge < -0.3 is 10.7 Å². The van der Waals surface area contributed by atoms with Crippen LogP contribution in [0.5, 0.6) is 0 Å². The van der Waals surface area contributed by atoms with Gasteiger partial charge in [0.05, 0.1) is 0 Å². The Morgan fingerprint density at radius 1 is 1.20 bits per heavy atom. The highest BCUT2D eigenvalue weighted by molar-refractivity contribution is 5.84. The molecule has 20 heavy (non-hydrogen) atoms. The number of rotatable bonds is 4. The predicted molar refractivity (Wildman–Crippen MR) is 82.8 cm³/mol. The zero-order valence-electron chi connectivity index (χ0n) is 11.6. The van der Waals surface area contributed by atoms with Crippen molar-refractivity contribution >= 4 is 10.9 Å². The number of hydrogen-bond donors (Lipinski definition) is 2. The minimum atomic E-state index is 0.327. The Morgan fingerprint density at radius 3 is 2.75 bits per heavy atom. The molecule has 2 heterocycles. The number of nitrogens with two attached hydrogens (primary N) is 1. The Morgan fingerprint density at radius 2 is 2.00 bits per heavy atom. The van der Waals surface area contributed by atoms with E-state index in [1.165, 1.54) is 27.6 Å². The number of pyridine rings is 1. The zero-order chi connectivity index (χ0) is 13.9. The van der Waals surface area contributed by atoms with Gasteiger partial charge in [0.1, 0.15) is 0 Å². The summed E-state index contributed by atoms with van der Waals surface area (Å²) in [5.41, 5.74) is 11.1. The number of aromatic nitrogens is 2. The molecule has 0 aliphatic carbocycles. The lowest BCUT2D eigenvalue weighted by molar-refractivity contribution is 0.699. The maximum atomic E-state index is 6.01. The van der Waals surface area contributed by atoms with Gasteiger partial charge in [0.15, 0.2) is 0 Å². The predicted octanol–water partition coefficient (Wildman–Crippen LogP) is 3.16. The molecule has 0 amide bonds. The Kier molecular flexibility index (Phi) is 3.52. The molecule has 0 aliphatic rings. The molecule has 0 aliphatic heterocycles. The van der Waals surface area contributed by atoms with Gasteiger partial charge >= 0.3 is 0 Å². The molecule has 0 spiro atoms. The van der Waals surface area contributed by atoms with E-state index in [0.717, 1.165) is 6.42 Å². The topological polar surface area (TPSA) is 54.7 Å². The summed E-state index contributed by atoms with van der Waals surface area (Å²) in [4.78, 5) is 7.41. The van der Waals surface area contributed by atoms with Gasteiger partial charge in [-0.2, -0.15) is 0 Å². The molecule has 0 saturated carbocycles. The van der Waals surface area contributed by atoms with Crippen molar-refractivity contribution in [2.45, 2.75) is 19.3 Å². The monoisotopic (exact) mass is 265 g/mol. The first-order valence-corrected chi connectivity index (χ1v) is 6.94. The molecule has 2 aromatic heterocycles. The molecule has 3 nitrogen and oxygen atoms in total. The first-order valence-electron chi connectivity index (χ1n) is 6.94. The lowest BCUT2D eigenvalue weighted by Crippen LogP contribution is -2.14. The molecule has 3 heteroatoms. The minimum absolute atomic E-state index is 0.327. The van der Waals surface area contributed by atoms with Crippen molar-refractivity contribution < 1.29 is 0 Å². The van der Waals surface area contributed by atoms with E-state index in [4.69, 9.17) is 5.73 Å². The van der Waals surface area contributed by atoms with E-state index in [9.17, 15) is 0 Å². The van der Waals surface area contributed by atoms with Crippen LogP contribution in [0.25, 0.3) is 10.9 Å². The normalized spacial score (nSPS) is 12.7. The third-order valence-corrected chi connectivity index (χ3v) is 3.83. The fourth-order valence-corrected chi connectivity index (χ4v) is 2.72. The van der Waals surface area contributed by atoms with Crippen LogP contribution in [-0.4, -0.2) is 16.5 Å². The van der Waals surface area contributed by atoms with Crippen molar-refractivity contribution in [3.8, 4) is 0 Å². The number of aryl methyl sites for hydroxylation is 1. The van der Waals surface area contributed by atoms with Gasteiger partial charge in [-0.3, -0.25) is 4.98 Å². The van der Waals surface area contributed by atoms with Crippen LogP contribution in [0, 0.1) is 6.92 Å². The third-order valence-electron chi connectivity index (χ3n) is 3.83. The Bertz CT molecular complexity index is 701.